The van der Waals surface area contributed by atoms with Crippen molar-refractivity contribution in [1.82, 2.24) is 0 Å². The third-order valence-corrected chi connectivity index (χ3v) is 3.88. The highest BCUT2D eigenvalue weighted by molar-refractivity contribution is 5.92. The fourth-order valence-corrected chi connectivity index (χ4v) is 2.80. The summed E-state index contributed by atoms with van der Waals surface area (Å²) in [6, 6.07) is 12.6. The van der Waals surface area contributed by atoms with Crippen molar-refractivity contribution >= 4 is 17.3 Å². The Morgan fingerprint density at radius 2 is 1.83 bits per heavy atom. The Bertz CT molecular complexity index is 728. The van der Waals surface area contributed by atoms with Gasteiger partial charge in [-0.2, -0.15) is 13.2 Å². The number of benzene rings is 2. The topological polar surface area (TPSA) is 41.1 Å². The number of hydrogen-bond donors (Lipinski definition) is 2. The monoisotopic (exact) mass is 320 g/mol. The number of anilines is 2. The normalized spacial score (nSPS) is 16.6. The van der Waals surface area contributed by atoms with Crippen LogP contribution in [0.25, 0.3) is 0 Å². The van der Waals surface area contributed by atoms with E-state index in [0.29, 0.717) is 6.54 Å². The van der Waals surface area contributed by atoms with E-state index in [1.165, 1.54) is 18.2 Å². The molecule has 23 heavy (non-hydrogen) atoms. The first-order chi connectivity index (χ1) is 10.9. The first-order valence-corrected chi connectivity index (χ1v) is 7.24. The standard InChI is InChI=1S/C17H15F3N2O/c18-17(19,20)13-6-2-4-8-15(13)22-16(23)9-11-10-21-14-7-3-1-5-12(11)14/h1-8,11,21H,9-10H2,(H,22,23). The van der Waals surface area contributed by atoms with E-state index >= 15 is 0 Å². The second-order valence-electron chi connectivity index (χ2n) is 5.46. The van der Waals surface area contributed by atoms with Crippen molar-refractivity contribution in [2.24, 2.45) is 0 Å². The average Bonchev–Trinajstić information content (AvgIpc) is 2.90. The van der Waals surface area contributed by atoms with Crippen molar-refractivity contribution in [3.8, 4) is 0 Å². The molecule has 2 aromatic rings. The van der Waals surface area contributed by atoms with Crippen LogP contribution >= 0.6 is 0 Å². The molecule has 0 aromatic heterocycles. The molecule has 1 heterocycles. The minimum atomic E-state index is -4.49. The van der Waals surface area contributed by atoms with Gasteiger partial charge < -0.3 is 10.6 Å². The van der Waals surface area contributed by atoms with Gasteiger partial charge in [-0.3, -0.25) is 4.79 Å². The van der Waals surface area contributed by atoms with Crippen molar-refractivity contribution in [1.29, 1.82) is 0 Å². The molecular formula is C17H15F3N2O. The maximum Gasteiger partial charge on any atom is 0.418 e. The Morgan fingerprint density at radius 3 is 2.61 bits per heavy atom. The van der Waals surface area contributed by atoms with Gasteiger partial charge in [-0.05, 0) is 23.8 Å². The number of nitrogens with one attached hydrogen (secondary N) is 2. The van der Waals surface area contributed by atoms with Crippen molar-refractivity contribution < 1.29 is 18.0 Å². The van der Waals surface area contributed by atoms with Gasteiger partial charge in [0.15, 0.2) is 0 Å². The van der Waals surface area contributed by atoms with Crippen molar-refractivity contribution in [3.63, 3.8) is 0 Å². The van der Waals surface area contributed by atoms with Gasteiger partial charge in [-0.15, -0.1) is 0 Å². The summed E-state index contributed by atoms with van der Waals surface area (Å²) in [4.78, 5) is 12.2. The summed E-state index contributed by atoms with van der Waals surface area (Å²) in [5, 5.41) is 5.58. The Balaban J connectivity index is 1.72. The summed E-state index contributed by atoms with van der Waals surface area (Å²) in [7, 11) is 0. The molecule has 3 rings (SSSR count). The third-order valence-electron chi connectivity index (χ3n) is 3.88. The predicted octanol–water partition coefficient (Wildman–Crippen LogP) is 4.24. The lowest BCUT2D eigenvalue weighted by atomic mass is 9.97. The average molecular weight is 320 g/mol. The van der Waals surface area contributed by atoms with Gasteiger partial charge in [0.1, 0.15) is 0 Å². The maximum absolute atomic E-state index is 12.9. The highest BCUT2D eigenvalue weighted by Gasteiger charge is 2.34. The van der Waals surface area contributed by atoms with E-state index in [1.807, 2.05) is 24.3 Å². The third kappa shape index (κ3) is 3.31. The molecule has 1 aliphatic heterocycles. The highest BCUT2D eigenvalue weighted by Crippen LogP contribution is 2.36. The van der Waals surface area contributed by atoms with E-state index in [9.17, 15) is 18.0 Å². The molecule has 0 saturated carbocycles. The van der Waals surface area contributed by atoms with Gasteiger partial charge in [0.25, 0.3) is 0 Å². The van der Waals surface area contributed by atoms with Gasteiger partial charge in [0.2, 0.25) is 5.91 Å². The molecule has 1 amide bonds. The zero-order valence-electron chi connectivity index (χ0n) is 12.2. The van der Waals surface area contributed by atoms with E-state index < -0.39 is 17.6 Å². The molecule has 1 atom stereocenters. The van der Waals surface area contributed by atoms with Crippen LogP contribution in [0.4, 0.5) is 24.5 Å². The largest absolute Gasteiger partial charge is 0.418 e. The van der Waals surface area contributed by atoms with Gasteiger partial charge in [0.05, 0.1) is 11.3 Å². The Hall–Kier alpha value is -2.50. The second kappa shape index (κ2) is 5.95. The Kier molecular flexibility index (Phi) is 3.98. The van der Waals surface area contributed by atoms with Crippen LogP contribution in [0.2, 0.25) is 0 Å². The Morgan fingerprint density at radius 1 is 1.13 bits per heavy atom. The summed E-state index contributed by atoms with van der Waals surface area (Å²) in [5.41, 5.74) is 0.954. The summed E-state index contributed by atoms with van der Waals surface area (Å²) in [5.74, 6) is -0.463. The van der Waals surface area contributed by atoms with Crippen molar-refractivity contribution in [2.45, 2.75) is 18.5 Å². The summed E-state index contributed by atoms with van der Waals surface area (Å²) in [6.07, 6.45) is -4.36. The first-order valence-electron chi connectivity index (χ1n) is 7.24. The Labute approximate surface area is 131 Å². The molecular weight excluding hydrogens is 305 g/mol. The molecule has 1 aliphatic rings. The lowest BCUT2D eigenvalue weighted by Gasteiger charge is -2.15. The number of rotatable bonds is 3. The molecule has 2 N–H and O–H groups in total. The maximum atomic E-state index is 12.9. The number of carbonyl (C=O) groups excluding carboxylic acids is 1. The summed E-state index contributed by atoms with van der Waals surface area (Å²) < 4.78 is 38.8. The van der Waals surface area contributed by atoms with E-state index in [1.54, 1.807) is 0 Å². The van der Waals surface area contributed by atoms with Gasteiger partial charge >= 0.3 is 6.18 Å². The zero-order valence-corrected chi connectivity index (χ0v) is 12.2. The number of amides is 1. The lowest BCUT2D eigenvalue weighted by Crippen LogP contribution is -2.19. The van der Waals surface area contributed by atoms with Crippen LogP contribution in [-0.2, 0) is 11.0 Å². The SMILES string of the molecule is O=C(CC1CNc2ccccc21)Nc1ccccc1C(F)(F)F. The minimum absolute atomic E-state index is 0.0377. The molecule has 3 nitrogen and oxygen atoms in total. The molecule has 2 aromatic carbocycles. The van der Waals surface area contributed by atoms with E-state index in [0.717, 1.165) is 17.3 Å². The van der Waals surface area contributed by atoms with E-state index in [4.69, 9.17) is 0 Å². The van der Waals surface area contributed by atoms with E-state index in [2.05, 4.69) is 10.6 Å². The molecule has 0 spiro atoms. The van der Waals surface area contributed by atoms with Crippen LogP contribution in [0.5, 0.6) is 0 Å². The number of halogens is 3. The van der Waals surface area contributed by atoms with Crippen molar-refractivity contribution in [2.75, 3.05) is 17.2 Å². The number of fused-ring (bicyclic) bond motifs is 1. The molecule has 1 unspecified atom stereocenters. The van der Waals surface area contributed by atoms with E-state index in [-0.39, 0.29) is 18.0 Å². The van der Waals surface area contributed by atoms with Crippen LogP contribution in [0.15, 0.2) is 48.5 Å². The van der Waals surface area contributed by atoms with Crippen LogP contribution in [-0.4, -0.2) is 12.5 Å². The quantitative estimate of drug-likeness (QED) is 0.888. The molecule has 6 heteroatoms. The second-order valence-corrected chi connectivity index (χ2v) is 5.46. The van der Waals surface area contributed by atoms with Crippen molar-refractivity contribution in [3.05, 3.63) is 59.7 Å². The summed E-state index contributed by atoms with van der Waals surface area (Å²) in [6.45, 7) is 0.605. The van der Waals surface area contributed by atoms with Crippen LogP contribution in [0, 0.1) is 0 Å². The molecule has 0 bridgehead atoms. The fraction of sp³-hybridized carbons (Fsp3) is 0.235. The lowest BCUT2D eigenvalue weighted by molar-refractivity contribution is -0.137. The van der Waals surface area contributed by atoms with Gasteiger partial charge in [-0.25, -0.2) is 0 Å². The van der Waals surface area contributed by atoms with Crippen LogP contribution < -0.4 is 10.6 Å². The number of hydrogen-bond acceptors (Lipinski definition) is 2. The fourth-order valence-electron chi connectivity index (χ4n) is 2.80. The minimum Gasteiger partial charge on any atom is -0.384 e. The molecule has 0 aliphatic carbocycles. The molecule has 120 valence electrons. The smallest absolute Gasteiger partial charge is 0.384 e. The van der Waals surface area contributed by atoms with Gasteiger partial charge in [0, 0.05) is 24.6 Å². The van der Waals surface area contributed by atoms with Crippen LogP contribution in [0.3, 0.4) is 0 Å². The summed E-state index contributed by atoms with van der Waals surface area (Å²) >= 11 is 0. The first kappa shape index (κ1) is 15.4. The van der Waals surface area contributed by atoms with Gasteiger partial charge in [-0.1, -0.05) is 30.3 Å². The number of alkyl halides is 3. The molecule has 0 saturated heterocycles. The zero-order chi connectivity index (χ0) is 16.4. The molecule has 0 radical (unpaired) electrons. The van der Waals surface area contributed by atoms with Crippen LogP contribution in [0.1, 0.15) is 23.5 Å². The number of carbonyl (C=O) groups is 1. The number of para-hydroxylation sites is 2. The molecule has 0 fully saturated rings. The predicted molar refractivity (Wildman–Crippen MR) is 82.4 cm³/mol. The highest BCUT2D eigenvalue weighted by atomic mass is 19.4.